The molecule has 0 bridgehead atoms. The number of aryl methyl sites for hydroxylation is 1. The number of benzene rings is 1. The predicted molar refractivity (Wildman–Crippen MR) is 82.9 cm³/mol. The maximum atomic E-state index is 12.3. The average Bonchev–Trinajstić information content (AvgIpc) is 2.48. The Labute approximate surface area is 126 Å². The van der Waals surface area contributed by atoms with Crippen LogP contribution in [-0.2, 0) is 11.2 Å². The molecular formula is C18H25NO2. The molecule has 2 N–H and O–H groups in total. The summed E-state index contributed by atoms with van der Waals surface area (Å²) in [5.74, 6) is 0.00102. The lowest BCUT2D eigenvalue weighted by atomic mass is 9.82. The number of carbonyl (C=O) groups excluding carboxylic acids is 1. The Morgan fingerprint density at radius 3 is 2.76 bits per heavy atom. The first kappa shape index (κ1) is 14.6. The van der Waals surface area contributed by atoms with Gasteiger partial charge in [-0.2, -0.15) is 0 Å². The SMILES string of the molecule is O=C(CC1(O)CCCCC1)NC1CCCc2ccccc21. The highest BCUT2D eigenvalue weighted by atomic mass is 16.3. The van der Waals surface area contributed by atoms with E-state index in [0.29, 0.717) is 0 Å². The molecule has 0 spiro atoms. The summed E-state index contributed by atoms with van der Waals surface area (Å²) in [6.45, 7) is 0. The van der Waals surface area contributed by atoms with Gasteiger partial charge in [-0.15, -0.1) is 0 Å². The molecule has 0 aromatic heterocycles. The van der Waals surface area contributed by atoms with E-state index in [1.165, 1.54) is 17.5 Å². The molecule has 3 nitrogen and oxygen atoms in total. The Morgan fingerprint density at radius 2 is 1.95 bits per heavy atom. The lowest BCUT2D eigenvalue weighted by Crippen LogP contribution is -2.40. The van der Waals surface area contributed by atoms with Crippen molar-refractivity contribution in [1.29, 1.82) is 0 Å². The van der Waals surface area contributed by atoms with E-state index in [1.807, 2.05) is 6.07 Å². The third kappa shape index (κ3) is 3.46. The van der Waals surface area contributed by atoms with Crippen molar-refractivity contribution >= 4 is 5.91 Å². The third-order valence-corrected chi connectivity index (χ3v) is 4.98. The van der Waals surface area contributed by atoms with Crippen LogP contribution in [0.5, 0.6) is 0 Å². The number of hydrogen-bond donors (Lipinski definition) is 2. The fraction of sp³-hybridized carbons (Fsp3) is 0.611. The quantitative estimate of drug-likeness (QED) is 0.896. The van der Waals surface area contributed by atoms with E-state index in [1.54, 1.807) is 0 Å². The summed E-state index contributed by atoms with van der Waals surface area (Å²) in [6.07, 6.45) is 8.26. The van der Waals surface area contributed by atoms with Crippen molar-refractivity contribution < 1.29 is 9.90 Å². The van der Waals surface area contributed by atoms with Gasteiger partial charge in [0.05, 0.1) is 18.1 Å². The second-order valence-electron chi connectivity index (χ2n) is 6.67. The molecule has 3 heteroatoms. The van der Waals surface area contributed by atoms with Crippen molar-refractivity contribution in [2.24, 2.45) is 0 Å². The number of rotatable bonds is 3. The van der Waals surface area contributed by atoms with Gasteiger partial charge >= 0.3 is 0 Å². The fourth-order valence-corrected chi connectivity index (χ4v) is 3.83. The molecule has 1 fully saturated rings. The summed E-state index contributed by atoms with van der Waals surface area (Å²) in [5, 5.41) is 13.7. The molecule has 1 saturated carbocycles. The standard InChI is InChI=1S/C18H25NO2/c20-17(13-18(21)11-4-1-5-12-18)19-16-10-6-8-14-7-2-3-9-15(14)16/h2-3,7,9,16,21H,1,4-6,8,10-13H2,(H,19,20). The molecule has 1 aromatic carbocycles. The van der Waals surface area contributed by atoms with E-state index in [0.717, 1.165) is 44.9 Å². The monoisotopic (exact) mass is 287 g/mol. The lowest BCUT2D eigenvalue weighted by molar-refractivity contribution is -0.128. The van der Waals surface area contributed by atoms with Crippen molar-refractivity contribution in [2.45, 2.75) is 69.4 Å². The molecule has 1 atom stereocenters. The van der Waals surface area contributed by atoms with Gasteiger partial charge in [0.1, 0.15) is 0 Å². The van der Waals surface area contributed by atoms with Gasteiger partial charge in [-0.05, 0) is 43.2 Å². The van der Waals surface area contributed by atoms with Gasteiger partial charge in [0.25, 0.3) is 0 Å². The van der Waals surface area contributed by atoms with E-state index in [2.05, 4.69) is 23.5 Å². The van der Waals surface area contributed by atoms with Gasteiger partial charge in [0.2, 0.25) is 5.91 Å². The summed E-state index contributed by atoms with van der Waals surface area (Å²) in [6, 6.07) is 8.50. The minimum absolute atomic E-state index is 0.00102. The summed E-state index contributed by atoms with van der Waals surface area (Å²) < 4.78 is 0. The van der Waals surface area contributed by atoms with E-state index in [4.69, 9.17) is 0 Å². The van der Waals surface area contributed by atoms with Crippen LogP contribution in [0.4, 0.5) is 0 Å². The van der Waals surface area contributed by atoms with Crippen LogP contribution < -0.4 is 5.32 Å². The molecule has 1 amide bonds. The van der Waals surface area contributed by atoms with Gasteiger partial charge < -0.3 is 10.4 Å². The van der Waals surface area contributed by atoms with Crippen LogP contribution >= 0.6 is 0 Å². The van der Waals surface area contributed by atoms with Gasteiger partial charge in [0, 0.05) is 0 Å². The lowest BCUT2D eigenvalue weighted by Gasteiger charge is -2.33. The van der Waals surface area contributed by atoms with Gasteiger partial charge in [-0.25, -0.2) is 0 Å². The molecule has 114 valence electrons. The maximum Gasteiger partial charge on any atom is 0.223 e. The minimum atomic E-state index is -0.767. The number of hydrogen-bond acceptors (Lipinski definition) is 2. The first-order valence-corrected chi connectivity index (χ1v) is 8.26. The molecule has 2 aliphatic rings. The number of carbonyl (C=O) groups is 1. The van der Waals surface area contributed by atoms with E-state index >= 15 is 0 Å². The number of nitrogens with one attached hydrogen (secondary N) is 1. The number of amides is 1. The Bertz CT molecular complexity index is 506. The van der Waals surface area contributed by atoms with E-state index in [-0.39, 0.29) is 18.4 Å². The highest BCUT2D eigenvalue weighted by molar-refractivity contribution is 5.77. The van der Waals surface area contributed by atoms with E-state index in [9.17, 15) is 9.90 Å². The smallest absolute Gasteiger partial charge is 0.223 e. The molecule has 1 aromatic rings. The van der Waals surface area contributed by atoms with Crippen LogP contribution in [-0.4, -0.2) is 16.6 Å². The van der Waals surface area contributed by atoms with E-state index < -0.39 is 5.60 Å². The summed E-state index contributed by atoms with van der Waals surface area (Å²) in [5.41, 5.74) is 1.84. The van der Waals surface area contributed by atoms with Crippen molar-refractivity contribution in [2.75, 3.05) is 0 Å². The maximum absolute atomic E-state index is 12.3. The first-order valence-electron chi connectivity index (χ1n) is 8.26. The zero-order valence-corrected chi connectivity index (χ0v) is 12.6. The molecule has 0 aliphatic heterocycles. The molecule has 1 unspecified atom stereocenters. The topological polar surface area (TPSA) is 49.3 Å². The zero-order valence-electron chi connectivity index (χ0n) is 12.6. The molecule has 0 heterocycles. The summed E-state index contributed by atoms with van der Waals surface area (Å²) in [4.78, 5) is 12.3. The van der Waals surface area contributed by atoms with Crippen LogP contribution in [0.1, 0.15) is 68.5 Å². The van der Waals surface area contributed by atoms with Crippen LogP contribution in [0.25, 0.3) is 0 Å². The molecular weight excluding hydrogens is 262 g/mol. The third-order valence-electron chi connectivity index (χ3n) is 4.98. The zero-order chi connectivity index (χ0) is 14.7. The second-order valence-corrected chi connectivity index (χ2v) is 6.67. The molecule has 21 heavy (non-hydrogen) atoms. The van der Waals surface area contributed by atoms with Crippen LogP contribution in [0.15, 0.2) is 24.3 Å². The first-order chi connectivity index (χ1) is 10.2. The van der Waals surface area contributed by atoms with Crippen LogP contribution in [0.3, 0.4) is 0 Å². The highest BCUT2D eigenvalue weighted by Gasteiger charge is 2.32. The Kier molecular flexibility index (Phi) is 4.29. The van der Waals surface area contributed by atoms with Crippen LogP contribution in [0, 0.1) is 0 Å². The predicted octanol–water partition coefficient (Wildman–Crippen LogP) is 3.27. The molecule has 0 radical (unpaired) electrons. The Morgan fingerprint density at radius 1 is 1.19 bits per heavy atom. The highest BCUT2D eigenvalue weighted by Crippen LogP contribution is 2.32. The molecule has 0 saturated heterocycles. The summed E-state index contributed by atoms with van der Waals surface area (Å²) in [7, 11) is 0. The molecule has 2 aliphatic carbocycles. The van der Waals surface area contributed by atoms with Gasteiger partial charge in [0.15, 0.2) is 0 Å². The second kappa shape index (κ2) is 6.18. The van der Waals surface area contributed by atoms with Crippen LogP contribution in [0.2, 0.25) is 0 Å². The van der Waals surface area contributed by atoms with Crippen molar-refractivity contribution in [1.82, 2.24) is 5.32 Å². The minimum Gasteiger partial charge on any atom is -0.389 e. The fourth-order valence-electron chi connectivity index (χ4n) is 3.83. The van der Waals surface area contributed by atoms with Crippen molar-refractivity contribution in [3.8, 4) is 0 Å². The molecule has 3 rings (SSSR count). The van der Waals surface area contributed by atoms with Crippen molar-refractivity contribution in [3.05, 3.63) is 35.4 Å². The largest absolute Gasteiger partial charge is 0.389 e. The number of fused-ring (bicyclic) bond motifs is 1. The van der Waals surface area contributed by atoms with Gasteiger partial charge in [-0.1, -0.05) is 43.5 Å². The Balaban J connectivity index is 1.63. The number of aliphatic hydroxyl groups is 1. The van der Waals surface area contributed by atoms with Gasteiger partial charge in [-0.3, -0.25) is 4.79 Å². The Hall–Kier alpha value is -1.35. The summed E-state index contributed by atoms with van der Waals surface area (Å²) >= 11 is 0. The average molecular weight is 287 g/mol. The normalized spacial score (nSPS) is 24.1. The van der Waals surface area contributed by atoms with Crippen molar-refractivity contribution in [3.63, 3.8) is 0 Å².